The topological polar surface area (TPSA) is 69.0 Å². The first kappa shape index (κ1) is 25.7. The van der Waals surface area contributed by atoms with Crippen LogP contribution in [0.2, 0.25) is 0 Å². The maximum Gasteiger partial charge on any atom is 0.295 e. The summed E-state index contributed by atoms with van der Waals surface area (Å²) >= 11 is 0. The van der Waals surface area contributed by atoms with Crippen molar-refractivity contribution in [3.8, 4) is 5.75 Å². The standard InChI is InChI=1S/C23H21F7N4O2/c1-10(12-4-3-5-13(16(12)26)19(27)28)31-20-14-8-34(23(6-7-23)22(29)30)21(35)18(36-9-15(24)25)17(14)32-11(2)33-20/h3-5,8,10,15,19,22H,6-7,9H2,1-2H3,(H,31,32,33)/t10-/m1/s1. The third-order valence-electron chi connectivity index (χ3n) is 6.06. The number of nitrogens with one attached hydrogen (secondary N) is 1. The number of hydrogen-bond donors (Lipinski definition) is 1. The van der Waals surface area contributed by atoms with Gasteiger partial charge < -0.3 is 10.1 Å². The molecule has 36 heavy (non-hydrogen) atoms. The molecule has 0 spiro atoms. The van der Waals surface area contributed by atoms with Gasteiger partial charge in [-0.05, 0) is 26.7 Å². The Kier molecular flexibility index (Phi) is 6.84. The van der Waals surface area contributed by atoms with E-state index in [1.54, 1.807) is 0 Å². The summed E-state index contributed by atoms with van der Waals surface area (Å²) in [5, 5.41) is 2.83. The fourth-order valence-corrected chi connectivity index (χ4v) is 4.04. The lowest BCUT2D eigenvalue weighted by Gasteiger charge is -2.22. The van der Waals surface area contributed by atoms with Gasteiger partial charge >= 0.3 is 0 Å². The Bertz CT molecular complexity index is 1340. The number of halogens is 7. The smallest absolute Gasteiger partial charge is 0.295 e. The second-order valence-corrected chi connectivity index (χ2v) is 8.54. The van der Waals surface area contributed by atoms with Crippen molar-refractivity contribution in [2.45, 2.75) is 57.5 Å². The number of anilines is 1. The Morgan fingerprint density at radius 1 is 1.11 bits per heavy atom. The number of pyridine rings is 1. The van der Waals surface area contributed by atoms with E-state index in [0.29, 0.717) is 0 Å². The van der Waals surface area contributed by atoms with Gasteiger partial charge in [-0.1, -0.05) is 18.2 Å². The number of rotatable bonds is 9. The summed E-state index contributed by atoms with van der Waals surface area (Å²) < 4.78 is 100. The van der Waals surface area contributed by atoms with Crippen molar-refractivity contribution >= 4 is 16.7 Å². The molecule has 1 aromatic carbocycles. The Balaban J connectivity index is 1.88. The van der Waals surface area contributed by atoms with Gasteiger partial charge in [-0.25, -0.2) is 40.7 Å². The molecule has 13 heteroatoms. The van der Waals surface area contributed by atoms with Crippen molar-refractivity contribution in [3.63, 3.8) is 0 Å². The average Bonchev–Trinajstić information content (AvgIpc) is 3.60. The fourth-order valence-electron chi connectivity index (χ4n) is 4.04. The minimum absolute atomic E-state index is 0.0198. The molecule has 0 unspecified atom stereocenters. The first-order valence-electron chi connectivity index (χ1n) is 10.9. The maximum absolute atomic E-state index is 14.7. The van der Waals surface area contributed by atoms with Gasteiger partial charge in [0.05, 0.1) is 17.0 Å². The van der Waals surface area contributed by atoms with E-state index in [2.05, 4.69) is 15.3 Å². The van der Waals surface area contributed by atoms with E-state index in [-0.39, 0.29) is 41.0 Å². The number of fused-ring (bicyclic) bond motifs is 1. The summed E-state index contributed by atoms with van der Waals surface area (Å²) in [5.74, 6) is -1.76. The SMILES string of the molecule is Cc1nc(N[C@H](C)c2cccc(C(F)F)c2F)c2cn(C3(C(F)F)CC3)c(=O)c(OCC(F)F)c2n1. The van der Waals surface area contributed by atoms with E-state index in [1.165, 1.54) is 26.0 Å². The molecule has 0 radical (unpaired) electrons. The molecular weight excluding hydrogens is 497 g/mol. The first-order valence-corrected chi connectivity index (χ1v) is 10.9. The van der Waals surface area contributed by atoms with Gasteiger partial charge in [0, 0.05) is 11.8 Å². The summed E-state index contributed by atoms with van der Waals surface area (Å²) in [6.45, 7) is 1.71. The lowest BCUT2D eigenvalue weighted by molar-refractivity contribution is 0.0626. The number of aromatic nitrogens is 3. The normalized spacial score (nSPS) is 15.7. The van der Waals surface area contributed by atoms with Crippen LogP contribution in [0, 0.1) is 12.7 Å². The number of hydrogen-bond acceptors (Lipinski definition) is 5. The Hall–Kier alpha value is -3.38. The van der Waals surface area contributed by atoms with Crippen molar-refractivity contribution in [2.75, 3.05) is 11.9 Å². The Morgan fingerprint density at radius 3 is 2.36 bits per heavy atom. The quantitative estimate of drug-likeness (QED) is 0.366. The van der Waals surface area contributed by atoms with Crippen molar-refractivity contribution < 1.29 is 35.5 Å². The molecule has 0 saturated heterocycles. The first-order chi connectivity index (χ1) is 17.0. The molecule has 1 fully saturated rings. The van der Waals surface area contributed by atoms with Gasteiger partial charge in [0.25, 0.3) is 24.8 Å². The van der Waals surface area contributed by atoms with E-state index in [1.807, 2.05) is 0 Å². The molecule has 0 bridgehead atoms. The predicted octanol–water partition coefficient (Wildman–Crippen LogP) is 5.75. The van der Waals surface area contributed by atoms with Gasteiger partial charge in [0.2, 0.25) is 5.75 Å². The van der Waals surface area contributed by atoms with Crippen LogP contribution in [0.25, 0.3) is 10.9 Å². The van der Waals surface area contributed by atoms with Gasteiger partial charge in [0.15, 0.2) is 0 Å². The minimum atomic E-state index is -3.05. The molecule has 6 nitrogen and oxygen atoms in total. The summed E-state index contributed by atoms with van der Waals surface area (Å²) in [7, 11) is 0. The largest absolute Gasteiger partial charge is 0.480 e. The number of nitrogens with zero attached hydrogens (tertiary/aromatic N) is 3. The zero-order chi connectivity index (χ0) is 26.4. The predicted molar refractivity (Wildman–Crippen MR) is 117 cm³/mol. The second-order valence-electron chi connectivity index (χ2n) is 8.54. The molecule has 194 valence electrons. The van der Waals surface area contributed by atoms with Gasteiger partial charge in [-0.2, -0.15) is 0 Å². The highest BCUT2D eigenvalue weighted by molar-refractivity contribution is 5.92. The van der Waals surface area contributed by atoms with Crippen LogP contribution >= 0.6 is 0 Å². The van der Waals surface area contributed by atoms with E-state index in [0.717, 1.165) is 16.8 Å². The molecule has 1 aliphatic carbocycles. The Labute approximate surface area is 200 Å². The highest BCUT2D eigenvalue weighted by Gasteiger charge is 2.54. The van der Waals surface area contributed by atoms with Crippen LogP contribution in [0.5, 0.6) is 5.75 Å². The van der Waals surface area contributed by atoms with E-state index < -0.39 is 60.2 Å². The molecule has 2 aromatic heterocycles. The van der Waals surface area contributed by atoms with Gasteiger partial charge in [0.1, 0.15) is 35.1 Å². The molecule has 1 N–H and O–H groups in total. The highest BCUT2D eigenvalue weighted by Crippen LogP contribution is 2.48. The number of alkyl halides is 6. The van der Waals surface area contributed by atoms with Crippen LogP contribution in [-0.2, 0) is 5.54 Å². The monoisotopic (exact) mass is 518 g/mol. The molecule has 0 amide bonds. The number of ether oxygens (including phenoxy) is 1. The van der Waals surface area contributed by atoms with Crippen molar-refractivity contribution in [1.29, 1.82) is 0 Å². The zero-order valence-electron chi connectivity index (χ0n) is 19.0. The van der Waals surface area contributed by atoms with Crippen LogP contribution in [0.3, 0.4) is 0 Å². The van der Waals surface area contributed by atoms with E-state index in [4.69, 9.17) is 4.74 Å². The lowest BCUT2D eigenvalue weighted by atomic mass is 10.0. The molecule has 3 aromatic rings. The maximum atomic E-state index is 14.7. The van der Waals surface area contributed by atoms with Crippen LogP contribution in [0.15, 0.2) is 29.2 Å². The fraction of sp³-hybridized carbons (Fsp3) is 0.435. The minimum Gasteiger partial charge on any atom is -0.480 e. The van der Waals surface area contributed by atoms with Gasteiger partial charge in [-0.15, -0.1) is 0 Å². The van der Waals surface area contributed by atoms with Crippen molar-refractivity contribution in [2.24, 2.45) is 0 Å². The molecule has 1 aliphatic rings. The number of benzene rings is 1. The highest BCUT2D eigenvalue weighted by atomic mass is 19.3. The molecule has 1 saturated carbocycles. The van der Waals surface area contributed by atoms with Crippen LogP contribution in [-0.4, -0.2) is 34.0 Å². The van der Waals surface area contributed by atoms with E-state index in [9.17, 15) is 35.5 Å². The average molecular weight is 518 g/mol. The van der Waals surface area contributed by atoms with Crippen molar-refractivity contribution in [1.82, 2.24) is 14.5 Å². The Morgan fingerprint density at radius 2 is 1.78 bits per heavy atom. The molecule has 4 rings (SSSR count). The van der Waals surface area contributed by atoms with Gasteiger partial charge in [-0.3, -0.25) is 9.36 Å². The molecule has 2 heterocycles. The number of aryl methyl sites for hydroxylation is 1. The second kappa shape index (κ2) is 9.58. The van der Waals surface area contributed by atoms with E-state index >= 15 is 0 Å². The summed E-state index contributed by atoms with van der Waals surface area (Å²) in [6.07, 6.45) is -7.89. The third kappa shape index (κ3) is 4.58. The summed E-state index contributed by atoms with van der Waals surface area (Å²) in [5.41, 5.74) is -4.00. The van der Waals surface area contributed by atoms with Crippen LogP contribution in [0.1, 0.15) is 49.2 Å². The summed E-state index contributed by atoms with van der Waals surface area (Å²) in [4.78, 5) is 21.4. The van der Waals surface area contributed by atoms with Crippen LogP contribution < -0.4 is 15.6 Å². The van der Waals surface area contributed by atoms with Crippen LogP contribution in [0.4, 0.5) is 36.6 Å². The summed E-state index contributed by atoms with van der Waals surface area (Å²) in [6, 6.07) is 2.55. The molecular formula is C23H21F7N4O2. The molecule has 1 atom stereocenters. The third-order valence-corrected chi connectivity index (χ3v) is 6.06. The zero-order valence-corrected chi connectivity index (χ0v) is 19.0. The lowest BCUT2D eigenvalue weighted by Crippen LogP contribution is -2.36. The molecule has 0 aliphatic heterocycles. The van der Waals surface area contributed by atoms with Crippen molar-refractivity contribution in [3.05, 3.63) is 57.5 Å².